The lowest BCUT2D eigenvalue weighted by Crippen LogP contribution is -2.45. The van der Waals surface area contributed by atoms with Crippen LogP contribution in [0.15, 0.2) is 12.1 Å². The zero-order valence-corrected chi connectivity index (χ0v) is 16.1. The predicted molar refractivity (Wildman–Crippen MR) is 99.6 cm³/mol. The molecule has 0 N–H and O–H groups in total. The number of ether oxygens (including phenoxy) is 1. The Morgan fingerprint density at radius 3 is 2.24 bits per heavy atom. The third kappa shape index (κ3) is 5.32. The van der Waals surface area contributed by atoms with E-state index in [1.807, 2.05) is 0 Å². The molecule has 0 atom stereocenters. The summed E-state index contributed by atoms with van der Waals surface area (Å²) in [4.78, 5) is 26.8. The maximum absolute atomic E-state index is 13.1. The van der Waals surface area contributed by atoms with Gasteiger partial charge in [-0.15, -0.1) is 0 Å². The fourth-order valence-electron chi connectivity index (χ4n) is 3.90. The van der Waals surface area contributed by atoms with E-state index in [1.165, 1.54) is 12.0 Å². The van der Waals surface area contributed by atoms with Gasteiger partial charge in [-0.1, -0.05) is 37.0 Å². The average Bonchev–Trinajstić information content (AvgIpc) is 2.56. The molecule has 0 spiro atoms. The Balaban J connectivity index is 2.18. The van der Waals surface area contributed by atoms with E-state index in [2.05, 4.69) is 32.9 Å². The van der Waals surface area contributed by atoms with Crippen LogP contribution in [0.1, 0.15) is 61.3 Å². The van der Waals surface area contributed by atoms with Crippen molar-refractivity contribution in [2.24, 2.45) is 0 Å². The third-order valence-electron chi connectivity index (χ3n) is 5.11. The summed E-state index contributed by atoms with van der Waals surface area (Å²) < 4.78 is 5.09. The molecule has 1 saturated carbocycles. The van der Waals surface area contributed by atoms with Gasteiger partial charge >= 0.3 is 5.97 Å². The molecule has 25 heavy (non-hydrogen) atoms. The van der Waals surface area contributed by atoms with Crippen molar-refractivity contribution < 1.29 is 14.3 Å². The number of nitrogens with zero attached hydrogens (tertiary/aromatic N) is 1. The lowest BCUT2D eigenvalue weighted by molar-refractivity contribution is -0.150. The van der Waals surface area contributed by atoms with E-state index in [4.69, 9.17) is 4.74 Å². The van der Waals surface area contributed by atoms with Gasteiger partial charge in [0.15, 0.2) is 0 Å². The molecule has 0 aliphatic heterocycles. The molecular formula is C21H31NO3. The zero-order valence-electron chi connectivity index (χ0n) is 16.1. The fraction of sp³-hybridized carbons (Fsp3) is 0.619. The monoisotopic (exact) mass is 345 g/mol. The lowest BCUT2D eigenvalue weighted by atomic mass is 9.92. The topological polar surface area (TPSA) is 46.6 Å². The molecule has 1 fully saturated rings. The molecule has 0 bridgehead atoms. The minimum atomic E-state index is -0.307. The summed E-state index contributed by atoms with van der Waals surface area (Å²) in [5, 5.41) is 0. The molecule has 0 radical (unpaired) electrons. The highest BCUT2D eigenvalue weighted by molar-refractivity contribution is 5.84. The van der Waals surface area contributed by atoms with Crippen molar-refractivity contribution in [2.75, 3.05) is 13.2 Å². The zero-order chi connectivity index (χ0) is 18.4. The molecule has 1 amide bonds. The molecular weight excluding hydrogens is 314 g/mol. The molecule has 0 aromatic heterocycles. The second-order valence-electron chi connectivity index (χ2n) is 7.17. The first-order valence-corrected chi connectivity index (χ1v) is 9.44. The van der Waals surface area contributed by atoms with Gasteiger partial charge in [0.2, 0.25) is 5.91 Å². The van der Waals surface area contributed by atoms with E-state index in [0.29, 0.717) is 13.0 Å². The molecule has 0 saturated heterocycles. The Hall–Kier alpha value is -1.84. The molecule has 0 heterocycles. The van der Waals surface area contributed by atoms with Crippen molar-refractivity contribution in [2.45, 2.75) is 72.3 Å². The third-order valence-corrected chi connectivity index (χ3v) is 5.11. The van der Waals surface area contributed by atoms with Gasteiger partial charge in [0.1, 0.15) is 6.54 Å². The van der Waals surface area contributed by atoms with Crippen LogP contribution in [0, 0.1) is 20.8 Å². The van der Waals surface area contributed by atoms with Gasteiger partial charge in [-0.3, -0.25) is 9.59 Å². The fourth-order valence-corrected chi connectivity index (χ4v) is 3.90. The van der Waals surface area contributed by atoms with Crippen LogP contribution in [0.3, 0.4) is 0 Å². The molecule has 0 unspecified atom stereocenters. The standard InChI is InChI=1S/C21H31NO3/c1-5-25-21(24)14-22(18-9-7-6-8-10-18)20(23)13-19-16(3)11-15(2)12-17(19)4/h11-12,18H,5-10,13-14H2,1-4H3. The first-order valence-electron chi connectivity index (χ1n) is 9.44. The van der Waals surface area contributed by atoms with Crippen molar-refractivity contribution in [3.8, 4) is 0 Å². The number of aryl methyl sites for hydroxylation is 3. The summed E-state index contributed by atoms with van der Waals surface area (Å²) in [6.07, 6.45) is 5.79. The Labute approximate surface area is 151 Å². The van der Waals surface area contributed by atoms with Crippen molar-refractivity contribution in [3.05, 3.63) is 34.4 Å². The average molecular weight is 345 g/mol. The number of hydrogen-bond acceptors (Lipinski definition) is 3. The number of amides is 1. The highest BCUT2D eigenvalue weighted by atomic mass is 16.5. The summed E-state index contributed by atoms with van der Waals surface area (Å²) >= 11 is 0. The first-order chi connectivity index (χ1) is 11.9. The van der Waals surface area contributed by atoms with E-state index < -0.39 is 0 Å². The maximum Gasteiger partial charge on any atom is 0.325 e. The number of esters is 1. The van der Waals surface area contributed by atoms with Gasteiger partial charge < -0.3 is 9.64 Å². The van der Waals surface area contributed by atoms with Crippen molar-refractivity contribution in [3.63, 3.8) is 0 Å². The summed E-state index contributed by atoms with van der Waals surface area (Å²) in [6, 6.07) is 4.40. The van der Waals surface area contributed by atoms with Crippen LogP contribution in [0.2, 0.25) is 0 Å². The first kappa shape index (κ1) is 19.5. The van der Waals surface area contributed by atoms with Crippen molar-refractivity contribution in [1.29, 1.82) is 0 Å². The number of benzene rings is 1. The SMILES string of the molecule is CCOC(=O)CN(C(=O)Cc1c(C)cc(C)cc1C)C1CCCCC1. The number of hydrogen-bond donors (Lipinski definition) is 0. The van der Waals surface area contributed by atoms with Gasteiger partial charge in [0.05, 0.1) is 13.0 Å². The van der Waals surface area contributed by atoms with Crippen LogP contribution < -0.4 is 0 Å². The van der Waals surface area contributed by atoms with Crippen LogP contribution >= 0.6 is 0 Å². The van der Waals surface area contributed by atoms with Gasteiger partial charge in [-0.05, 0) is 57.2 Å². The summed E-state index contributed by atoms with van der Waals surface area (Å²) in [7, 11) is 0. The summed E-state index contributed by atoms with van der Waals surface area (Å²) in [5.41, 5.74) is 4.58. The predicted octanol–water partition coefficient (Wildman–Crippen LogP) is 3.88. The Morgan fingerprint density at radius 2 is 1.68 bits per heavy atom. The molecule has 1 aliphatic rings. The van der Waals surface area contributed by atoms with Gasteiger partial charge in [-0.2, -0.15) is 0 Å². The summed E-state index contributed by atoms with van der Waals surface area (Å²) in [6.45, 7) is 8.39. The van der Waals surface area contributed by atoms with Gasteiger partial charge in [0, 0.05) is 6.04 Å². The lowest BCUT2D eigenvalue weighted by Gasteiger charge is -2.34. The Kier molecular flexibility index (Phi) is 7.03. The van der Waals surface area contributed by atoms with E-state index in [1.54, 1.807) is 11.8 Å². The summed E-state index contributed by atoms with van der Waals surface area (Å²) in [5.74, 6) is -0.270. The van der Waals surface area contributed by atoms with Crippen molar-refractivity contribution in [1.82, 2.24) is 4.90 Å². The Morgan fingerprint density at radius 1 is 1.08 bits per heavy atom. The van der Waals surface area contributed by atoms with Crippen LogP contribution in [0.4, 0.5) is 0 Å². The molecule has 2 rings (SSSR count). The highest BCUT2D eigenvalue weighted by Gasteiger charge is 2.28. The molecule has 1 aromatic carbocycles. The number of carbonyl (C=O) groups excluding carboxylic acids is 2. The van der Waals surface area contributed by atoms with E-state index in [9.17, 15) is 9.59 Å². The van der Waals surface area contributed by atoms with E-state index in [0.717, 1.165) is 42.4 Å². The number of carbonyl (C=O) groups is 2. The van der Waals surface area contributed by atoms with Crippen LogP contribution in [0.25, 0.3) is 0 Å². The molecule has 4 nitrogen and oxygen atoms in total. The van der Waals surface area contributed by atoms with E-state index in [-0.39, 0.29) is 24.5 Å². The Bertz CT molecular complexity index is 595. The van der Waals surface area contributed by atoms with Crippen LogP contribution in [-0.4, -0.2) is 36.0 Å². The highest BCUT2D eigenvalue weighted by Crippen LogP contribution is 2.24. The van der Waals surface area contributed by atoms with Crippen LogP contribution in [-0.2, 0) is 20.7 Å². The molecule has 138 valence electrons. The number of rotatable bonds is 6. The maximum atomic E-state index is 13.1. The van der Waals surface area contributed by atoms with Gasteiger partial charge in [-0.25, -0.2) is 0 Å². The molecule has 1 aliphatic carbocycles. The molecule has 1 aromatic rings. The second-order valence-corrected chi connectivity index (χ2v) is 7.17. The minimum absolute atomic E-state index is 0.0370. The van der Waals surface area contributed by atoms with Gasteiger partial charge in [0.25, 0.3) is 0 Å². The quantitative estimate of drug-likeness (QED) is 0.735. The van der Waals surface area contributed by atoms with E-state index >= 15 is 0 Å². The van der Waals surface area contributed by atoms with Crippen LogP contribution in [0.5, 0.6) is 0 Å². The normalized spacial score (nSPS) is 15.0. The largest absolute Gasteiger partial charge is 0.465 e. The second kappa shape index (κ2) is 9.02. The minimum Gasteiger partial charge on any atom is -0.465 e. The van der Waals surface area contributed by atoms with Crippen molar-refractivity contribution >= 4 is 11.9 Å². The molecule has 4 heteroatoms. The smallest absolute Gasteiger partial charge is 0.325 e.